The van der Waals surface area contributed by atoms with Gasteiger partial charge in [-0.2, -0.15) is 0 Å². The van der Waals surface area contributed by atoms with Crippen molar-refractivity contribution in [1.82, 2.24) is 4.98 Å². The van der Waals surface area contributed by atoms with E-state index >= 15 is 0 Å². The third-order valence-electron chi connectivity index (χ3n) is 2.54. The number of esters is 1. The van der Waals surface area contributed by atoms with Crippen LogP contribution in [0, 0.1) is 0 Å². The quantitative estimate of drug-likeness (QED) is 0.708. The molecule has 0 fully saturated rings. The van der Waals surface area contributed by atoms with E-state index in [0.29, 0.717) is 23.1 Å². The molecule has 0 saturated heterocycles. The van der Waals surface area contributed by atoms with Gasteiger partial charge in [-0.1, -0.05) is 25.4 Å². The molecule has 0 N–H and O–H groups in total. The van der Waals surface area contributed by atoms with Gasteiger partial charge in [-0.05, 0) is 6.07 Å². The van der Waals surface area contributed by atoms with E-state index < -0.39 is 5.97 Å². The number of pyridine rings is 1. The summed E-state index contributed by atoms with van der Waals surface area (Å²) >= 11 is 6.03. The Labute approximate surface area is 98.5 Å². The average Bonchev–Trinajstić information content (AvgIpc) is 2.54. The average molecular weight is 242 g/mol. The van der Waals surface area contributed by atoms with Gasteiger partial charge in [0.25, 0.3) is 0 Å². The highest BCUT2D eigenvalue weighted by Gasteiger charge is 2.36. The summed E-state index contributed by atoms with van der Waals surface area (Å²) in [6.07, 6.45) is 0. The van der Waals surface area contributed by atoms with Gasteiger partial charge >= 0.3 is 5.97 Å². The van der Waals surface area contributed by atoms with Gasteiger partial charge in [-0.3, -0.25) is 0 Å². The molecule has 2 rings (SSSR count). The first-order valence-electron chi connectivity index (χ1n) is 4.88. The van der Waals surface area contributed by atoms with E-state index in [4.69, 9.17) is 16.3 Å². The van der Waals surface area contributed by atoms with Gasteiger partial charge in [0, 0.05) is 5.41 Å². The Morgan fingerprint density at radius 3 is 2.94 bits per heavy atom. The zero-order valence-electron chi connectivity index (χ0n) is 9.33. The Bertz CT molecular complexity index is 457. The third kappa shape index (κ3) is 1.63. The second kappa shape index (κ2) is 3.63. The summed E-state index contributed by atoms with van der Waals surface area (Å²) in [5.74, 6) is 0.0757. The molecule has 2 heterocycles. The zero-order chi connectivity index (χ0) is 11.9. The number of nitrogens with zero attached hydrogens (tertiary/aromatic N) is 1. The van der Waals surface area contributed by atoms with Crippen LogP contribution >= 0.6 is 11.6 Å². The van der Waals surface area contributed by atoms with Crippen molar-refractivity contribution in [3.63, 3.8) is 0 Å². The van der Waals surface area contributed by atoms with E-state index in [1.165, 1.54) is 13.2 Å². The van der Waals surface area contributed by atoms with E-state index in [1.807, 2.05) is 13.8 Å². The summed E-state index contributed by atoms with van der Waals surface area (Å²) < 4.78 is 10.1. The maximum Gasteiger partial charge on any atom is 0.356 e. The third-order valence-corrected chi connectivity index (χ3v) is 2.82. The molecule has 1 aliphatic rings. The minimum atomic E-state index is -0.493. The lowest BCUT2D eigenvalue weighted by Crippen LogP contribution is -2.20. The molecule has 4 nitrogen and oxygen atoms in total. The lowest BCUT2D eigenvalue weighted by molar-refractivity contribution is 0.0593. The van der Waals surface area contributed by atoms with E-state index in [9.17, 15) is 4.79 Å². The maximum atomic E-state index is 11.4. The molecule has 5 heteroatoms. The predicted molar refractivity (Wildman–Crippen MR) is 59.1 cm³/mol. The zero-order valence-corrected chi connectivity index (χ0v) is 10.1. The summed E-state index contributed by atoms with van der Waals surface area (Å²) in [7, 11) is 1.31. The van der Waals surface area contributed by atoms with Gasteiger partial charge in [0.2, 0.25) is 0 Å². The minimum absolute atomic E-state index is 0.213. The number of rotatable bonds is 1. The SMILES string of the molecule is COC(=O)c1cc(Cl)c2c(n1)C(C)(C)CO2. The second-order valence-electron chi connectivity index (χ2n) is 4.33. The molecular formula is C11H12ClNO3. The predicted octanol–water partition coefficient (Wildman–Crippen LogP) is 2.19. The molecular weight excluding hydrogens is 230 g/mol. The number of hydrogen-bond donors (Lipinski definition) is 0. The Balaban J connectivity index is 2.57. The van der Waals surface area contributed by atoms with Crippen LogP contribution in [0.1, 0.15) is 30.0 Å². The van der Waals surface area contributed by atoms with Gasteiger partial charge in [0.05, 0.1) is 24.4 Å². The van der Waals surface area contributed by atoms with Crippen molar-refractivity contribution >= 4 is 17.6 Å². The Kier molecular flexibility index (Phi) is 2.54. The van der Waals surface area contributed by atoms with Crippen LogP contribution in [0.25, 0.3) is 0 Å². The summed E-state index contributed by atoms with van der Waals surface area (Å²) in [5.41, 5.74) is 0.688. The van der Waals surface area contributed by atoms with Gasteiger partial charge in [0.1, 0.15) is 5.69 Å². The number of ether oxygens (including phenoxy) is 2. The molecule has 0 spiro atoms. The van der Waals surface area contributed by atoms with E-state index in [1.54, 1.807) is 0 Å². The van der Waals surface area contributed by atoms with Crippen LogP contribution in [0.15, 0.2) is 6.07 Å². The van der Waals surface area contributed by atoms with E-state index in [-0.39, 0.29) is 11.1 Å². The number of halogens is 1. The molecule has 0 unspecified atom stereocenters. The van der Waals surface area contributed by atoms with Crippen molar-refractivity contribution in [3.05, 3.63) is 22.5 Å². The number of aromatic nitrogens is 1. The summed E-state index contributed by atoms with van der Waals surface area (Å²) in [6.45, 7) is 4.49. The number of carbonyl (C=O) groups is 1. The number of carbonyl (C=O) groups excluding carboxylic acids is 1. The lowest BCUT2D eigenvalue weighted by Gasteiger charge is -2.14. The maximum absolute atomic E-state index is 11.4. The van der Waals surface area contributed by atoms with Crippen LogP contribution < -0.4 is 4.74 Å². The first-order valence-corrected chi connectivity index (χ1v) is 5.25. The Hall–Kier alpha value is -1.29. The smallest absolute Gasteiger partial charge is 0.356 e. The normalized spacial score (nSPS) is 16.5. The van der Waals surface area contributed by atoms with Gasteiger partial charge in [-0.15, -0.1) is 0 Å². The second-order valence-corrected chi connectivity index (χ2v) is 4.74. The van der Waals surface area contributed by atoms with Crippen molar-refractivity contribution < 1.29 is 14.3 Å². The van der Waals surface area contributed by atoms with Crippen molar-refractivity contribution in [2.45, 2.75) is 19.3 Å². The lowest BCUT2D eigenvalue weighted by atomic mass is 9.91. The Morgan fingerprint density at radius 2 is 2.31 bits per heavy atom. The van der Waals surface area contributed by atoms with Crippen molar-refractivity contribution in [2.75, 3.05) is 13.7 Å². The van der Waals surface area contributed by atoms with E-state index in [0.717, 1.165) is 0 Å². The van der Waals surface area contributed by atoms with Crippen LogP contribution in [0.3, 0.4) is 0 Å². The fraction of sp³-hybridized carbons (Fsp3) is 0.455. The van der Waals surface area contributed by atoms with Gasteiger partial charge < -0.3 is 9.47 Å². The number of fused-ring (bicyclic) bond motifs is 1. The molecule has 0 aliphatic carbocycles. The van der Waals surface area contributed by atoms with Crippen LogP contribution in [0.4, 0.5) is 0 Å². The number of methoxy groups -OCH3 is 1. The van der Waals surface area contributed by atoms with Gasteiger partial charge in [0.15, 0.2) is 5.75 Å². The fourth-order valence-corrected chi connectivity index (χ4v) is 1.88. The van der Waals surface area contributed by atoms with Crippen LogP contribution in [-0.4, -0.2) is 24.7 Å². The molecule has 0 saturated carbocycles. The molecule has 0 radical (unpaired) electrons. The molecule has 1 aromatic heterocycles. The topological polar surface area (TPSA) is 48.4 Å². The molecule has 0 aromatic carbocycles. The monoisotopic (exact) mass is 241 g/mol. The summed E-state index contributed by atoms with van der Waals surface area (Å²) in [4.78, 5) is 15.6. The largest absolute Gasteiger partial charge is 0.489 e. The first-order chi connectivity index (χ1) is 7.45. The fourth-order valence-electron chi connectivity index (χ4n) is 1.63. The summed E-state index contributed by atoms with van der Waals surface area (Å²) in [5, 5.41) is 0.399. The molecule has 0 atom stereocenters. The van der Waals surface area contributed by atoms with Crippen LogP contribution in [-0.2, 0) is 10.2 Å². The summed E-state index contributed by atoms with van der Waals surface area (Å²) in [6, 6.07) is 1.47. The minimum Gasteiger partial charge on any atom is -0.489 e. The molecule has 1 aliphatic heterocycles. The van der Waals surface area contributed by atoms with Crippen LogP contribution in [0.2, 0.25) is 5.02 Å². The van der Waals surface area contributed by atoms with Crippen molar-refractivity contribution in [3.8, 4) is 5.75 Å². The first kappa shape index (κ1) is 11.2. The van der Waals surface area contributed by atoms with Crippen LogP contribution in [0.5, 0.6) is 5.75 Å². The molecule has 0 bridgehead atoms. The highest BCUT2D eigenvalue weighted by Crippen LogP contribution is 2.41. The van der Waals surface area contributed by atoms with Gasteiger partial charge in [-0.25, -0.2) is 9.78 Å². The van der Waals surface area contributed by atoms with E-state index in [2.05, 4.69) is 9.72 Å². The highest BCUT2D eigenvalue weighted by atomic mass is 35.5. The molecule has 86 valence electrons. The highest BCUT2D eigenvalue weighted by molar-refractivity contribution is 6.32. The van der Waals surface area contributed by atoms with Crippen molar-refractivity contribution in [2.24, 2.45) is 0 Å². The Morgan fingerprint density at radius 1 is 1.62 bits per heavy atom. The molecule has 16 heavy (non-hydrogen) atoms. The number of hydrogen-bond acceptors (Lipinski definition) is 4. The molecule has 0 amide bonds. The molecule has 1 aromatic rings. The van der Waals surface area contributed by atoms with Crippen molar-refractivity contribution in [1.29, 1.82) is 0 Å². The standard InChI is InChI=1S/C11H12ClNO3/c1-11(2)5-16-8-6(12)4-7(10(14)15-3)13-9(8)11/h4H,5H2,1-3H3.